The minimum absolute atomic E-state index is 0.0802. The summed E-state index contributed by atoms with van der Waals surface area (Å²) >= 11 is 0. The van der Waals surface area contributed by atoms with Crippen molar-refractivity contribution in [2.24, 2.45) is 5.41 Å². The predicted octanol–water partition coefficient (Wildman–Crippen LogP) is 2.26. The smallest absolute Gasteiger partial charge is 0.271 e. The fourth-order valence-electron chi connectivity index (χ4n) is 2.38. The molecule has 21 heavy (non-hydrogen) atoms. The molecule has 0 saturated heterocycles. The van der Waals surface area contributed by atoms with E-state index in [0.717, 1.165) is 18.5 Å². The lowest BCUT2D eigenvalue weighted by atomic mass is 10.1. The van der Waals surface area contributed by atoms with Crippen LogP contribution in [0.1, 0.15) is 69.6 Å². The number of hydrogen-bond acceptors (Lipinski definition) is 3. The van der Waals surface area contributed by atoms with Crippen LogP contribution in [0.25, 0.3) is 0 Å². The molecule has 1 heterocycles. The van der Waals surface area contributed by atoms with Crippen LogP contribution in [0.4, 0.5) is 0 Å². The Morgan fingerprint density at radius 2 is 2.10 bits per heavy atom. The highest BCUT2D eigenvalue weighted by Crippen LogP contribution is 2.44. The van der Waals surface area contributed by atoms with Gasteiger partial charge in [-0.25, -0.2) is 0 Å². The largest absolute Gasteiger partial charge is 0.396 e. The van der Waals surface area contributed by atoms with Crippen LogP contribution < -0.4 is 5.32 Å². The van der Waals surface area contributed by atoms with Crippen molar-refractivity contribution in [1.29, 1.82) is 0 Å². The van der Waals surface area contributed by atoms with Gasteiger partial charge in [0.2, 0.25) is 0 Å². The summed E-state index contributed by atoms with van der Waals surface area (Å²) in [6.07, 6.45) is 1.97. The van der Waals surface area contributed by atoms with Crippen LogP contribution in [-0.2, 0) is 5.54 Å². The van der Waals surface area contributed by atoms with E-state index in [1.807, 2.05) is 10.7 Å². The lowest BCUT2D eigenvalue weighted by Crippen LogP contribution is -2.32. The van der Waals surface area contributed by atoms with Gasteiger partial charge in [-0.1, -0.05) is 13.8 Å². The first-order chi connectivity index (χ1) is 9.68. The second kappa shape index (κ2) is 5.44. The van der Waals surface area contributed by atoms with Crippen LogP contribution in [0.3, 0.4) is 0 Å². The third-order valence-corrected chi connectivity index (χ3v) is 4.11. The Hall–Kier alpha value is -1.36. The molecule has 5 heteroatoms. The number of carbonyl (C=O) groups is 1. The maximum Gasteiger partial charge on any atom is 0.271 e. The lowest BCUT2D eigenvalue weighted by Gasteiger charge is -2.23. The van der Waals surface area contributed by atoms with E-state index in [9.17, 15) is 9.90 Å². The molecule has 1 aromatic rings. The molecule has 0 unspecified atom stereocenters. The van der Waals surface area contributed by atoms with E-state index in [4.69, 9.17) is 0 Å². The fraction of sp³-hybridized carbons (Fsp3) is 0.750. The second-order valence-corrected chi connectivity index (χ2v) is 7.53. The summed E-state index contributed by atoms with van der Waals surface area (Å²) in [7, 11) is 0. The van der Waals surface area contributed by atoms with Gasteiger partial charge in [-0.2, -0.15) is 5.10 Å². The number of nitrogens with one attached hydrogen (secondary N) is 1. The number of amides is 1. The van der Waals surface area contributed by atoms with Crippen molar-refractivity contribution in [2.45, 2.75) is 58.9 Å². The van der Waals surface area contributed by atoms with Gasteiger partial charge in [-0.3, -0.25) is 9.48 Å². The maximum absolute atomic E-state index is 12.3. The monoisotopic (exact) mass is 293 g/mol. The van der Waals surface area contributed by atoms with Crippen molar-refractivity contribution in [3.8, 4) is 0 Å². The van der Waals surface area contributed by atoms with Crippen molar-refractivity contribution < 1.29 is 9.90 Å². The van der Waals surface area contributed by atoms with Crippen molar-refractivity contribution in [1.82, 2.24) is 15.1 Å². The highest BCUT2D eigenvalue weighted by atomic mass is 16.3. The lowest BCUT2D eigenvalue weighted by molar-refractivity contribution is 0.0928. The van der Waals surface area contributed by atoms with E-state index < -0.39 is 0 Å². The molecule has 1 aliphatic rings. The van der Waals surface area contributed by atoms with Crippen LogP contribution in [-0.4, -0.2) is 33.9 Å². The average Bonchev–Trinajstić information content (AvgIpc) is 3.02. The van der Waals surface area contributed by atoms with Crippen LogP contribution in [0.5, 0.6) is 0 Å². The first-order valence-corrected chi connectivity index (χ1v) is 7.68. The zero-order valence-electron chi connectivity index (χ0n) is 13.7. The Bertz CT molecular complexity index is 522. The van der Waals surface area contributed by atoms with E-state index >= 15 is 0 Å². The normalized spacial score (nSPS) is 17.1. The molecule has 1 aliphatic carbocycles. The standard InChI is InChI=1S/C16H27N3O2/c1-11(2)13-8-12(18-19(13)15(3,4)5)14(21)17-9-16(10-20)6-7-16/h8,11,20H,6-7,9-10H2,1-5H3,(H,17,21). The summed E-state index contributed by atoms with van der Waals surface area (Å²) in [5.41, 5.74) is 1.29. The number of aliphatic hydroxyl groups is 1. The van der Waals surface area contributed by atoms with Crippen molar-refractivity contribution in [3.05, 3.63) is 17.5 Å². The van der Waals surface area contributed by atoms with E-state index in [1.54, 1.807) is 0 Å². The van der Waals surface area contributed by atoms with Gasteiger partial charge >= 0.3 is 0 Å². The molecule has 2 N–H and O–H groups in total. The number of aromatic nitrogens is 2. The predicted molar refractivity (Wildman–Crippen MR) is 82.4 cm³/mol. The van der Waals surface area contributed by atoms with E-state index in [2.05, 4.69) is 45.0 Å². The molecule has 1 amide bonds. The number of nitrogens with zero attached hydrogens (tertiary/aromatic N) is 2. The molecule has 0 spiro atoms. The van der Waals surface area contributed by atoms with Crippen molar-refractivity contribution in [2.75, 3.05) is 13.2 Å². The summed E-state index contributed by atoms with van der Waals surface area (Å²) in [5.74, 6) is 0.158. The van der Waals surface area contributed by atoms with Crippen molar-refractivity contribution in [3.63, 3.8) is 0 Å². The average molecular weight is 293 g/mol. The molecule has 1 saturated carbocycles. The van der Waals surface area contributed by atoms with Crippen LogP contribution in [0.15, 0.2) is 6.07 Å². The Kier molecular flexibility index (Phi) is 4.15. The van der Waals surface area contributed by atoms with Gasteiger partial charge in [-0.05, 0) is 45.6 Å². The molecule has 1 aromatic heterocycles. The summed E-state index contributed by atoms with van der Waals surface area (Å²) in [6.45, 7) is 11.1. The molecule has 0 atom stereocenters. The minimum atomic E-state index is -0.153. The molecular weight excluding hydrogens is 266 g/mol. The second-order valence-electron chi connectivity index (χ2n) is 7.53. The maximum atomic E-state index is 12.3. The summed E-state index contributed by atoms with van der Waals surface area (Å²) in [5, 5.41) is 16.7. The first-order valence-electron chi connectivity index (χ1n) is 7.68. The van der Waals surface area contributed by atoms with E-state index in [-0.39, 0.29) is 23.5 Å². The van der Waals surface area contributed by atoms with Gasteiger partial charge in [0.05, 0.1) is 12.1 Å². The zero-order chi connectivity index (χ0) is 15.8. The Morgan fingerprint density at radius 3 is 2.48 bits per heavy atom. The van der Waals surface area contributed by atoms with Crippen LogP contribution in [0, 0.1) is 5.41 Å². The Morgan fingerprint density at radius 1 is 1.48 bits per heavy atom. The molecule has 0 aromatic carbocycles. The van der Waals surface area contributed by atoms with Gasteiger partial charge in [0.1, 0.15) is 5.69 Å². The topological polar surface area (TPSA) is 67.2 Å². The molecule has 1 fully saturated rings. The molecule has 0 aliphatic heterocycles. The first kappa shape index (κ1) is 16.0. The summed E-state index contributed by atoms with van der Waals surface area (Å²) in [4.78, 5) is 12.3. The minimum Gasteiger partial charge on any atom is -0.396 e. The number of rotatable bonds is 5. The van der Waals surface area contributed by atoms with Crippen molar-refractivity contribution >= 4 is 5.91 Å². The molecule has 0 radical (unpaired) electrons. The van der Waals surface area contributed by atoms with Crippen LogP contribution >= 0.6 is 0 Å². The Balaban J connectivity index is 2.14. The summed E-state index contributed by atoms with van der Waals surface area (Å²) < 4.78 is 1.94. The third-order valence-electron chi connectivity index (χ3n) is 4.11. The molecule has 2 rings (SSSR count). The molecule has 118 valence electrons. The van der Waals surface area contributed by atoms with Crippen LogP contribution in [0.2, 0.25) is 0 Å². The highest BCUT2D eigenvalue weighted by Gasteiger charge is 2.42. The van der Waals surface area contributed by atoms with Gasteiger partial charge in [0, 0.05) is 17.7 Å². The Labute approximate surface area is 126 Å². The fourth-order valence-corrected chi connectivity index (χ4v) is 2.38. The van der Waals surface area contributed by atoms with Gasteiger partial charge in [0.25, 0.3) is 5.91 Å². The number of hydrogen-bond donors (Lipinski definition) is 2. The van der Waals surface area contributed by atoms with Gasteiger partial charge in [0.15, 0.2) is 0 Å². The third kappa shape index (κ3) is 3.46. The zero-order valence-corrected chi connectivity index (χ0v) is 13.7. The number of carbonyl (C=O) groups excluding carboxylic acids is 1. The molecular formula is C16H27N3O2. The highest BCUT2D eigenvalue weighted by molar-refractivity contribution is 5.92. The number of aliphatic hydroxyl groups excluding tert-OH is 1. The molecule has 0 bridgehead atoms. The van der Waals surface area contributed by atoms with E-state index in [0.29, 0.717) is 18.2 Å². The molecule has 5 nitrogen and oxygen atoms in total. The van der Waals surface area contributed by atoms with E-state index in [1.165, 1.54) is 0 Å². The SMILES string of the molecule is CC(C)c1cc(C(=O)NCC2(CO)CC2)nn1C(C)(C)C. The van der Waals surface area contributed by atoms with Gasteiger partial charge < -0.3 is 10.4 Å². The quantitative estimate of drug-likeness (QED) is 0.875. The summed E-state index contributed by atoms with van der Waals surface area (Å²) in [6, 6.07) is 1.88. The van der Waals surface area contributed by atoms with Gasteiger partial charge in [-0.15, -0.1) is 0 Å².